The van der Waals surface area contributed by atoms with Crippen molar-refractivity contribution in [3.05, 3.63) is 0 Å². The molecule has 0 aromatic heterocycles. The van der Waals surface area contributed by atoms with Crippen LogP contribution in [0.25, 0.3) is 0 Å². The van der Waals surface area contributed by atoms with Crippen LogP contribution >= 0.6 is 47.8 Å². The monoisotopic (exact) mass is 438 g/mol. The second-order valence-electron chi connectivity index (χ2n) is 6.77. The number of esters is 1. The first-order valence-corrected chi connectivity index (χ1v) is 9.14. The Morgan fingerprint density at radius 2 is 1.89 bits per heavy atom. The van der Waals surface area contributed by atoms with Gasteiger partial charge in [0.05, 0.1) is 8.06 Å². The molecular weight excluding hydrogens is 428 g/mol. The molecule has 0 unspecified atom stereocenters. The molecule has 98 valence electrons. The zero-order valence-corrected chi connectivity index (χ0v) is 14.5. The van der Waals surface area contributed by atoms with Crippen LogP contribution < -0.4 is 0 Å². The van der Waals surface area contributed by atoms with Crippen LogP contribution in [0, 0.1) is 41.4 Å². The van der Waals surface area contributed by atoms with Crippen molar-refractivity contribution in [2.24, 2.45) is 41.4 Å². The minimum Gasteiger partial charge on any atom is -0.457 e. The third-order valence-electron chi connectivity index (χ3n) is 6.63. The van der Waals surface area contributed by atoms with Crippen molar-refractivity contribution in [1.82, 2.24) is 0 Å². The van der Waals surface area contributed by atoms with Crippen LogP contribution in [0.1, 0.15) is 13.3 Å². The van der Waals surface area contributed by atoms with Gasteiger partial charge in [0.1, 0.15) is 5.60 Å². The largest absolute Gasteiger partial charge is 0.457 e. The van der Waals surface area contributed by atoms with E-state index in [0.717, 1.165) is 23.7 Å². The van der Waals surface area contributed by atoms with E-state index in [2.05, 4.69) is 47.8 Å². The molecule has 6 saturated carbocycles. The summed E-state index contributed by atoms with van der Waals surface area (Å²) in [4.78, 5) is 12.0. The Balaban J connectivity index is 1.76. The lowest BCUT2D eigenvalue weighted by Crippen LogP contribution is -2.49. The van der Waals surface area contributed by atoms with E-state index in [0.29, 0.717) is 22.6 Å². The summed E-state index contributed by atoms with van der Waals surface area (Å²) in [6, 6.07) is 0. The van der Waals surface area contributed by atoms with Gasteiger partial charge in [0, 0.05) is 18.8 Å². The van der Waals surface area contributed by atoms with Crippen molar-refractivity contribution in [2.45, 2.75) is 27.0 Å². The minimum absolute atomic E-state index is 0.00146. The summed E-state index contributed by atoms with van der Waals surface area (Å²) in [5.74, 6) is 4.64. The van der Waals surface area contributed by atoms with Crippen LogP contribution in [0.4, 0.5) is 0 Å². The maximum Gasteiger partial charge on any atom is 0.303 e. The van der Waals surface area contributed by atoms with Crippen molar-refractivity contribution in [2.75, 3.05) is 0 Å². The molecule has 6 aliphatic carbocycles. The Hall–Kier alpha value is 0.910. The number of hydrogen-bond acceptors (Lipinski definition) is 2. The van der Waals surface area contributed by atoms with Crippen molar-refractivity contribution in [1.29, 1.82) is 0 Å². The molecule has 6 aliphatic rings. The topological polar surface area (TPSA) is 26.3 Å². The fourth-order valence-electron chi connectivity index (χ4n) is 6.89. The number of rotatable bonds is 1. The summed E-state index contributed by atoms with van der Waals surface area (Å²) in [5.41, 5.74) is -0.240. The van der Waals surface area contributed by atoms with Crippen molar-refractivity contribution >= 4 is 53.8 Å². The summed E-state index contributed by atoms with van der Waals surface area (Å²) < 4.78 is 5.98. The lowest BCUT2D eigenvalue weighted by molar-refractivity contribution is -0.167. The summed E-state index contributed by atoms with van der Waals surface area (Å²) in [6.07, 6.45) is 1.35. The predicted molar refractivity (Wildman–Crippen MR) is 76.8 cm³/mol. The molecule has 2 nitrogen and oxygen atoms in total. The molecule has 5 heteroatoms. The molecule has 6 fully saturated rings. The SMILES string of the molecule is CC(=O)O[C@]12[C@@H]3[C@H]4C[C@@H]5[C@H]([C@H]4[C@H]1Br)[C@H]2C(Br)(Br)[C@@H]53. The van der Waals surface area contributed by atoms with E-state index in [-0.39, 0.29) is 14.8 Å². The molecule has 9 atom stereocenters. The Bertz CT molecular complexity index is 493. The number of hydrogen-bond donors (Lipinski definition) is 0. The van der Waals surface area contributed by atoms with Gasteiger partial charge in [0.2, 0.25) is 0 Å². The average Bonchev–Trinajstić information content (AvgIpc) is 2.93. The third kappa shape index (κ3) is 0.828. The van der Waals surface area contributed by atoms with Crippen LogP contribution in [0.2, 0.25) is 0 Å². The number of halogens is 3. The number of ether oxygens (including phenoxy) is 1. The molecule has 0 N–H and O–H groups in total. The summed E-state index contributed by atoms with van der Waals surface area (Å²) in [5, 5.41) is 0. The summed E-state index contributed by atoms with van der Waals surface area (Å²) in [6.45, 7) is 1.56. The molecule has 0 heterocycles. The molecule has 6 rings (SSSR count). The van der Waals surface area contributed by atoms with Gasteiger partial charge in [0.25, 0.3) is 0 Å². The van der Waals surface area contributed by atoms with E-state index in [1.54, 1.807) is 6.92 Å². The molecule has 0 amide bonds. The first-order valence-electron chi connectivity index (χ1n) is 6.64. The van der Waals surface area contributed by atoms with Crippen molar-refractivity contribution in [3.8, 4) is 0 Å². The number of carbonyl (C=O) groups excluding carboxylic acids is 1. The third-order valence-corrected chi connectivity index (χ3v) is 10.00. The zero-order chi connectivity index (χ0) is 12.6. The molecule has 0 spiro atoms. The first-order chi connectivity index (χ1) is 8.42. The molecule has 0 aromatic rings. The highest BCUT2D eigenvalue weighted by molar-refractivity contribution is 9.25. The minimum atomic E-state index is -0.240. The van der Waals surface area contributed by atoms with Crippen LogP contribution in [0.15, 0.2) is 0 Å². The van der Waals surface area contributed by atoms with Crippen LogP contribution in [0.5, 0.6) is 0 Å². The van der Waals surface area contributed by atoms with Gasteiger partial charge in [-0.3, -0.25) is 4.79 Å². The molecule has 6 bridgehead atoms. The smallest absolute Gasteiger partial charge is 0.303 e. The van der Waals surface area contributed by atoms with E-state index in [1.165, 1.54) is 6.42 Å². The van der Waals surface area contributed by atoms with Crippen LogP contribution in [-0.2, 0) is 9.53 Å². The predicted octanol–water partition coefficient (Wildman–Crippen LogP) is 3.31. The maximum absolute atomic E-state index is 11.6. The van der Waals surface area contributed by atoms with Crippen LogP contribution in [0.3, 0.4) is 0 Å². The van der Waals surface area contributed by atoms with E-state index < -0.39 is 0 Å². The highest BCUT2D eigenvalue weighted by Crippen LogP contribution is 2.90. The molecule has 0 saturated heterocycles. The lowest BCUT2D eigenvalue weighted by atomic mass is 9.69. The molecule has 18 heavy (non-hydrogen) atoms. The van der Waals surface area contributed by atoms with Gasteiger partial charge in [-0.25, -0.2) is 0 Å². The van der Waals surface area contributed by atoms with Gasteiger partial charge in [-0.05, 0) is 36.0 Å². The first kappa shape index (κ1) is 11.6. The van der Waals surface area contributed by atoms with Gasteiger partial charge >= 0.3 is 5.97 Å². The molecule has 0 radical (unpaired) electrons. The van der Waals surface area contributed by atoms with E-state index in [4.69, 9.17) is 4.74 Å². The average molecular weight is 441 g/mol. The van der Waals surface area contributed by atoms with Crippen molar-refractivity contribution in [3.63, 3.8) is 0 Å². The molecular formula is C13H13Br3O2. The Morgan fingerprint density at radius 3 is 2.56 bits per heavy atom. The highest BCUT2D eigenvalue weighted by Gasteiger charge is 2.93. The quantitative estimate of drug-likeness (QED) is 0.462. The lowest BCUT2D eigenvalue weighted by Gasteiger charge is -2.41. The normalized spacial score (nSPS) is 67.6. The molecule has 0 aromatic carbocycles. The standard InChI is InChI=1S/C13H13Br3O2/c1-3(17)18-12-8-5-2-4-6(7(5)11(12)14)10(12)13(15,16)9(4)8/h4-11H,2H2,1H3/t4-,5+,6-,7+,8-,9+,10-,11-,12+/m1/s1. The van der Waals surface area contributed by atoms with E-state index in [9.17, 15) is 4.79 Å². The Kier molecular flexibility index (Phi) is 1.87. The maximum atomic E-state index is 11.6. The zero-order valence-electron chi connectivity index (χ0n) is 9.78. The van der Waals surface area contributed by atoms with Gasteiger partial charge < -0.3 is 4.74 Å². The summed E-state index contributed by atoms with van der Waals surface area (Å²) >= 11 is 11.8. The van der Waals surface area contributed by atoms with Gasteiger partial charge in [0.15, 0.2) is 0 Å². The highest BCUT2D eigenvalue weighted by atomic mass is 79.9. The fourth-order valence-corrected chi connectivity index (χ4v) is 10.9. The Labute approximate surface area is 131 Å². The van der Waals surface area contributed by atoms with Gasteiger partial charge in [-0.1, -0.05) is 47.8 Å². The van der Waals surface area contributed by atoms with Gasteiger partial charge in [-0.15, -0.1) is 0 Å². The number of alkyl halides is 3. The second-order valence-corrected chi connectivity index (χ2v) is 11.4. The van der Waals surface area contributed by atoms with E-state index in [1.807, 2.05) is 0 Å². The van der Waals surface area contributed by atoms with Crippen LogP contribution in [-0.4, -0.2) is 19.6 Å². The Morgan fingerprint density at radius 1 is 1.22 bits per heavy atom. The molecule has 0 aliphatic heterocycles. The van der Waals surface area contributed by atoms with Crippen molar-refractivity contribution < 1.29 is 9.53 Å². The fraction of sp³-hybridized carbons (Fsp3) is 0.923. The second kappa shape index (κ2) is 2.92. The van der Waals surface area contributed by atoms with Gasteiger partial charge in [-0.2, -0.15) is 0 Å². The van der Waals surface area contributed by atoms with E-state index >= 15 is 0 Å². The number of carbonyl (C=O) groups is 1. The summed E-state index contributed by atoms with van der Waals surface area (Å²) in [7, 11) is 0.